The van der Waals surface area contributed by atoms with Gasteiger partial charge in [0.05, 0.1) is 4.90 Å². The van der Waals surface area contributed by atoms with Crippen LogP contribution >= 0.6 is 0 Å². The van der Waals surface area contributed by atoms with Crippen molar-refractivity contribution < 1.29 is 13.2 Å². The highest BCUT2D eigenvalue weighted by atomic mass is 32.2. The molecule has 1 amide bonds. The molecule has 0 aliphatic rings. The number of anilines is 2. The van der Waals surface area contributed by atoms with Crippen LogP contribution < -0.4 is 10.0 Å². The van der Waals surface area contributed by atoms with Crippen LogP contribution in [0.15, 0.2) is 71.6 Å². The highest BCUT2D eigenvalue weighted by Crippen LogP contribution is 2.20. The van der Waals surface area contributed by atoms with E-state index in [9.17, 15) is 13.2 Å². The summed E-state index contributed by atoms with van der Waals surface area (Å²) in [5, 5.41) is 2.83. The van der Waals surface area contributed by atoms with Gasteiger partial charge >= 0.3 is 0 Å². The lowest BCUT2D eigenvalue weighted by molar-refractivity contribution is 0.102. The molecule has 0 fully saturated rings. The fourth-order valence-corrected chi connectivity index (χ4v) is 3.85. The van der Waals surface area contributed by atoms with Crippen LogP contribution in [0, 0.1) is 20.8 Å². The first-order chi connectivity index (χ1) is 13.2. The predicted octanol–water partition coefficient (Wildman–Crippen LogP) is 4.66. The van der Waals surface area contributed by atoms with E-state index in [0.29, 0.717) is 16.9 Å². The van der Waals surface area contributed by atoms with Crippen molar-refractivity contribution in [1.82, 2.24) is 0 Å². The van der Waals surface area contributed by atoms with E-state index in [0.717, 1.165) is 16.7 Å². The number of carbonyl (C=O) groups excluding carboxylic acids is 1. The van der Waals surface area contributed by atoms with Crippen LogP contribution in [0.3, 0.4) is 0 Å². The van der Waals surface area contributed by atoms with Crippen LogP contribution in [0.4, 0.5) is 11.4 Å². The standard InChI is InChI=1S/C22H22N2O3S/c1-15-5-4-6-20(13-15)23-22(25)18-8-10-19(11-9-18)24-28(26,27)21-12-7-16(2)17(3)14-21/h4-14,24H,1-3H3,(H,23,25). The van der Waals surface area contributed by atoms with Gasteiger partial charge in [-0.2, -0.15) is 0 Å². The lowest BCUT2D eigenvalue weighted by Crippen LogP contribution is -2.14. The third kappa shape index (κ3) is 4.58. The Morgan fingerprint density at radius 1 is 0.786 bits per heavy atom. The molecule has 0 spiro atoms. The van der Waals surface area contributed by atoms with Crippen LogP contribution in [-0.4, -0.2) is 14.3 Å². The lowest BCUT2D eigenvalue weighted by Gasteiger charge is -2.11. The maximum atomic E-state index is 12.6. The van der Waals surface area contributed by atoms with Gasteiger partial charge in [-0.05, 0) is 86.0 Å². The van der Waals surface area contributed by atoms with Gasteiger partial charge in [-0.3, -0.25) is 9.52 Å². The molecule has 0 saturated heterocycles. The molecule has 0 atom stereocenters. The molecule has 0 saturated carbocycles. The molecule has 28 heavy (non-hydrogen) atoms. The maximum Gasteiger partial charge on any atom is 0.261 e. The first kappa shape index (κ1) is 19.6. The molecular weight excluding hydrogens is 372 g/mol. The van der Waals surface area contributed by atoms with Crippen molar-refractivity contribution in [3.05, 3.63) is 89.0 Å². The first-order valence-electron chi connectivity index (χ1n) is 8.83. The number of nitrogens with one attached hydrogen (secondary N) is 2. The van der Waals surface area contributed by atoms with E-state index in [4.69, 9.17) is 0 Å². The molecule has 3 aromatic carbocycles. The summed E-state index contributed by atoms with van der Waals surface area (Å²) >= 11 is 0. The molecule has 144 valence electrons. The fraction of sp³-hybridized carbons (Fsp3) is 0.136. The molecule has 2 N–H and O–H groups in total. The van der Waals surface area contributed by atoms with Gasteiger partial charge in [0, 0.05) is 16.9 Å². The molecule has 3 aromatic rings. The van der Waals surface area contributed by atoms with E-state index < -0.39 is 10.0 Å². The summed E-state index contributed by atoms with van der Waals surface area (Å²) < 4.78 is 27.7. The molecule has 0 radical (unpaired) electrons. The number of aryl methyl sites for hydroxylation is 3. The van der Waals surface area contributed by atoms with Crippen LogP contribution in [0.25, 0.3) is 0 Å². The van der Waals surface area contributed by atoms with Gasteiger partial charge in [-0.25, -0.2) is 8.42 Å². The minimum Gasteiger partial charge on any atom is -0.322 e. The first-order valence-corrected chi connectivity index (χ1v) is 10.3. The van der Waals surface area contributed by atoms with Crippen molar-refractivity contribution in [3.63, 3.8) is 0 Å². The number of hydrogen-bond donors (Lipinski definition) is 2. The van der Waals surface area contributed by atoms with E-state index in [1.807, 2.05) is 45.0 Å². The van der Waals surface area contributed by atoms with Crippen LogP contribution in [-0.2, 0) is 10.0 Å². The normalized spacial score (nSPS) is 11.1. The predicted molar refractivity (Wildman–Crippen MR) is 112 cm³/mol. The van der Waals surface area contributed by atoms with Crippen molar-refractivity contribution in [1.29, 1.82) is 0 Å². The summed E-state index contributed by atoms with van der Waals surface area (Å²) in [6.07, 6.45) is 0. The van der Waals surface area contributed by atoms with Crippen LogP contribution in [0.1, 0.15) is 27.0 Å². The molecular formula is C22H22N2O3S. The molecule has 3 rings (SSSR count). The van der Waals surface area contributed by atoms with Crippen molar-refractivity contribution in [2.75, 3.05) is 10.0 Å². The van der Waals surface area contributed by atoms with Gasteiger partial charge < -0.3 is 5.32 Å². The van der Waals surface area contributed by atoms with Gasteiger partial charge in [0.15, 0.2) is 0 Å². The van der Waals surface area contributed by atoms with E-state index >= 15 is 0 Å². The average Bonchev–Trinajstić information content (AvgIpc) is 2.64. The second kappa shape index (κ2) is 7.86. The van der Waals surface area contributed by atoms with Gasteiger partial charge in [0.2, 0.25) is 0 Å². The second-order valence-electron chi connectivity index (χ2n) is 6.75. The quantitative estimate of drug-likeness (QED) is 0.661. The van der Waals surface area contributed by atoms with Crippen molar-refractivity contribution in [2.24, 2.45) is 0 Å². The molecule has 5 nitrogen and oxygen atoms in total. The Hall–Kier alpha value is -3.12. The van der Waals surface area contributed by atoms with Crippen molar-refractivity contribution >= 4 is 27.3 Å². The molecule has 0 unspecified atom stereocenters. The van der Waals surface area contributed by atoms with Crippen LogP contribution in [0.2, 0.25) is 0 Å². The summed E-state index contributed by atoms with van der Waals surface area (Å²) in [5.41, 5.74) is 4.54. The SMILES string of the molecule is Cc1cccc(NC(=O)c2ccc(NS(=O)(=O)c3ccc(C)c(C)c3)cc2)c1. The minimum atomic E-state index is -3.69. The van der Waals surface area contributed by atoms with Gasteiger partial charge in [0.25, 0.3) is 15.9 Å². The van der Waals surface area contributed by atoms with Crippen LogP contribution in [0.5, 0.6) is 0 Å². The number of carbonyl (C=O) groups is 1. The number of sulfonamides is 1. The van der Waals surface area contributed by atoms with E-state index in [1.54, 1.807) is 42.5 Å². The van der Waals surface area contributed by atoms with E-state index in [-0.39, 0.29) is 10.8 Å². The minimum absolute atomic E-state index is 0.205. The third-order valence-electron chi connectivity index (χ3n) is 4.46. The number of amides is 1. The zero-order chi connectivity index (χ0) is 20.3. The summed E-state index contributed by atoms with van der Waals surface area (Å²) in [5.74, 6) is -0.255. The largest absolute Gasteiger partial charge is 0.322 e. The third-order valence-corrected chi connectivity index (χ3v) is 5.84. The molecule has 0 heterocycles. The van der Waals surface area contributed by atoms with E-state index in [2.05, 4.69) is 10.0 Å². The number of rotatable bonds is 5. The Kier molecular flexibility index (Phi) is 5.51. The average molecular weight is 394 g/mol. The molecule has 0 aliphatic heterocycles. The molecule has 0 aromatic heterocycles. The molecule has 6 heteroatoms. The van der Waals surface area contributed by atoms with Gasteiger partial charge in [0.1, 0.15) is 0 Å². The Balaban J connectivity index is 1.73. The lowest BCUT2D eigenvalue weighted by atomic mass is 10.1. The summed E-state index contributed by atoms with van der Waals surface area (Å²) in [6, 6.07) is 18.8. The van der Waals surface area contributed by atoms with E-state index in [1.165, 1.54) is 0 Å². The zero-order valence-electron chi connectivity index (χ0n) is 16.0. The van der Waals surface area contributed by atoms with Gasteiger partial charge in [-0.1, -0.05) is 18.2 Å². The molecule has 0 bridgehead atoms. The highest BCUT2D eigenvalue weighted by molar-refractivity contribution is 7.92. The van der Waals surface area contributed by atoms with Crippen molar-refractivity contribution in [2.45, 2.75) is 25.7 Å². The highest BCUT2D eigenvalue weighted by Gasteiger charge is 2.15. The molecule has 0 aliphatic carbocycles. The second-order valence-corrected chi connectivity index (χ2v) is 8.43. The summed E-state index contributed by atoms with van der Waals surface area (Å²) in [4.78, 5) is 12.6. The number of hydrogen-bond acceptors (Lipinski definition) is 3. The Morgan fingerprint density at radius 2 is 1.50 bits per heavy atom. The Bertz CT molecular complexity index is 1120. The topological polar surface area (TPSA) is 75.3 Å². The fourth-order valence-electron chi connectivity index (χ4n) is 2.71. The monoisotopic (exact) mass is 394 g/mol. The number of benzene rings is 3. The summed E-state index contributed by atoms with van der Waals surface area (Å²) in [7, 11) is -3.69. The smallest absolute Gasteiger partial charge is 0.261 e. The summed E-state index contributed by atoms with van der Waals surface area (Å²) in [6.45, 7) is 5.75. The Morgan fingerprint density at radius 3 is 2.14 bits per heavy atom. The van der Waals surface area contributed by atoms with Crippen molar-refractivity contribution in [3.8, 4) is 0 Å². The maximum absolute atomic E-state index is 12.6. The zero-order valence-corrected chi connectivity index (χ0v) is 16.8. The van der Waals surface area contributed by atoms with Gasteiger partial charge in [-0.15, -0.1) is 0 Å². The Labute approximate surface area is 165 Å².